The largest absolute Gasteiger partial charge is 0.491 e. The summed E-state index contributed by atoms with van der Waals surface area (Å²) in [5, 5.41) is 1.02. The Balaban J connectivity index is 2.07. The van der Waals surface area contributed by atoms with Crippen LogP contribution in [0.4, 0.5) is 10.5 Å². The van der Waals surface area contributed by atoms with Crippen molar-refractivity contribution in [3.8, 4) is 5.75 Å². The standard InChI is InChI=1S/C29H38ClN7O7/c1-17(2)42-23-12-11-21(15-18(23)3)33-25-34-26(39)35(27(40)36(25)16-19-7-9-20(30)10-8-19)14-13-22(24(38)44-32)37(31)28(41)43-29(4,5)6/h7-12,15,17,22H,13-14,16,31-32H2,1-6H3,(H,33,34,39)/t22-/m0/s1. The lowest BCUT2D eigenvalue weighted by Crippen LogP contribution is -2.54. The molecule has 1 heterocycles. The average molecular weight is 632 g/mol. The Labute approximate surface area is 258 Å². The van der Waals surface area contributed by atoms with Crippen LogP contribution in [0.5, 0.6) is 5.75 Å². The van der Waals surface area contributed by atoms with Crippen LogP contribution >= 0.6 is 11.6 Å². The molecule has 15 heteroatoms. The number of nitrogens with one attached hydrogen (secondary N) is 1. The van der Waals surface area contributed by atoms with E-state index in [1.165, 1.54) is 4.57 Å². The van der Waals surface area contributed by atoms with Crippen LogP contribution in [-0.2, 0) is 27.5 Å². The van der Waals surface area contributed by atoms with Crippen molar-refractivity contribution < 1.29 is 23.9 Å². The summed E-state index contributed by atoms with van der Waals surface area (Å²) in [4.78, 5) is 63.5. The Kier molecular flexibility index (Phi) is 11.1. The Morgan fingerprint density at radius 2 is 1.75 bits per heavy atom. The summed E-state index contributed by atoms with van der Waals surface area (Å²) in [6.07, 6.45) is -1.35. The number of aryl methyl sites for hydroxylation is 1. The molecule has 0 bridgehead atoms. The molecule has 1 aromatic heterocycles. The summed E-state index contributed by atoms with van der Waals surface area (Å²) >= 11 is 6.04. The van der Waals surface area contributed by atoms with E-state index in [9.17, 15) is 19.2 Å². The number of aromatic amines is 1. The van der Waals surface area contributed by atoms with Crippen LogP contribution in [0.2, 0.25) is 5.02 Å². The third-order valence-corrected chi connectivity index (χ3v) is 6.40. The Bertz CT molecular complexity index is 1670. The number of hydrogen-bond acceptors (Lipinski definition) is 10. The summed E-state index contributed by atoms with van der Waals surface area (Å²) in [7, 11) is 0. The maximum absolute atomic E-state index is 13.8. The van der Waals surface area contributed by atoms with Gasteiger partial charge in [-0.1, -0.05) is 23.7 Å². The van der Waals surface area contributed by atoms with E-state index in [-0.39, 0.29) is 31.2 Å². The molecule has 3 rings (SSSR count). The van der Waals surface area contributed by atoms with Crippen molar-refractivity contribution >= 4 is 29.4 Å². The lowest BCUT2D eigenvalue weighted by molar-refractivity contribution is -0.151. The highest BCUT2D eigenvalue weighted by atomic mass is 35.5. The van der Waals surface area contributed by atoms with Crippen molar-refractivity contribution in [3.63, 3.8) is 0 Å². The van der Waals surface area contributed by atoms with Gasteiger partial charge in [-0.05, 0) is 89.4 Å². The normalized spacial score (nSPS) is 12.6. The second-order valence-electron chi connectivity index (χ2n) is 11.3. The van der Waals surface area contributed by atoms with E-state index in [2.05, 4.69) is 14.8 Å². The van der Waals surface area contributed by atoms with Gasteiger partial charge in [0.1, 0.15) is 11.4 Å². The number of hydrazine groups is 1. The van der Waals surface area contributed by atoms with Crippen LogP contribution in [0.1, 0.15) is 52.2 Å². The molecule has 238 valence electrons. The lowest BCUT2D eigenvalue weighted by Gasteiger charge is -2.28. The van der Waals surface area contributed by atoms with Gasteiger partial charge in [-0.25, -0.2) is 39.6 Å². The number of aromatic nitrogens is 3. The van der Waals surface area contributed by atoms with Crippen molar-refractivity contribution in [2.45, 2.75) is 78.8 Å². The Morgan fingerprint density at radius 3 is 2.32 bits per heavy atom. The van der Waals surface area contributed by atoms with Gasteiger partial charge in [-0.3, -0.25) is 9.55 Å². The van der Waals surface area contributed by atoms with Crippen LogP contribution in [0, 0.1) is 6.92 Å². The first-order valence-corrected chi connectivity index (χ1v) is 14.2. The molecule has 0 saturated carbocycles. The number of rotatable bonds is 10. The SMILES string of the molecule is Cc1cc(/N=c2\[nH]c(=O)n(CC[C@@H](C(=O)ON)N(N)C(=O)OC(C)(C)C)c(=O)n2Cc2ccc(Cl)cc2)ccc1OC(C)C. The molecule has 0 aliphatic carbocycles. The van der Waals surface area contributed by atoms with Crippen LogP contribution in [0.15, 0.2) is 57.0 Å². The molecule has 1 amide bonds. The highest BCUT2D eigenvalue weighted by Crippen LogP contribution is 2.24. The molecule has 14 nitrogen and oxygen atoms in total. The molecule has 44 heavy (non-hydrogen) atoms. The maximum Gasteiger partial charge on any atom is 0.425 e. The third-order valence-electron chi connectivity index (χ3n) is 6.15. The van der Waals surface area contributed by atoms with E-state index in [0.717, 1.165) is 10.1 Å². The number of carbonyl (C=O) groups is 2. The van der Waals surface area contributed by atoms with Crippen molar-refractivity contribution in [3.05, 3.63) is 85.2 Å². The number of halogens is 1. The smallest absolute Gasteiger partial charge is 0.425 e. The number of H-pyrrole nitrogens is 1. The lowest BCUT2D eigenvalue weighted by atomic mass is 10.2. The van der Waals surface area contributed by atoms with Crippen molar-refractivity contribution in [1.82, 2.24) is 19.1 Å². The van der Waals surface area contributed by atoms with Crippen LogP contribution in [0.25, 0.3) is 0 Å². The first kappa shape index (κ1) is 34.1. The van der Waals surface area contributed by atoms with Crippen molar-refractivity contribution in [2.24, 2.45) is 16.7 Å². The van der Waals surface area contributed by atoms with Gasteiger partial charge in [-0.2, -0.15) is 5.90 Å². The predicted molar refractivity (Wildman–Crippen MR) is 163 cm³/mol. The molecular weight excluding hydrogens is 594 g/mol. The summed E-state index contributed by atoms with van der Waals surface area (Å²) in [5.41, 5.74) is -0.487. The Hall–Kier alpha value is -4.40. The van der Waals surface area contributed by atoms with Gasteiger partial charge in [0.2, 0.25) is 5.62 Å². The number of hydrogen-bond donors (Lipinski definition) is 3. The molecule has 1 atom stereocenters. The van der Waals surface area contributed by atoms with E-state index < -0.39 is 35.1 Å². The van der Waals surface area contributed by atoms with E-state index >= 15 is 0 Å². The van der Waals surface area contributed by atoms with Crippen LogP contribution < -0.4 is 33.5 Å². The fourth-order valence-corrected chi connectivity index (χ4v) is 4.23. The fraction of sp³-hybridized carbons (Fsp3) is 0.414. The minimum absolute atomic E-state index is 0.0183. The van der Waals surface area contributed by atoms with Gasteiger partial charge in [0.05, 0.1) is 18.3 Å². The second-order valence-corrected chi connectivity index (χ2v) is 11.7. The monoisotopic (exact) mass is 631 g/mol. The van der Waals surface area contributed by atoms with E-state index in [1.807, 2.05) is 20.8 Å². The zero-order valence-corrected chi connectivity index (χ0v) is 26.3. The molecule has 0 unspecified atom stereocenters. The zero-order valence-electron chi connectivity index (χ0n) is 25.5. The van der Waals surface area contributed by atoms with Crippen LogP contribution in [-0.4, -0.2) is 48.9 Å². The van der Waals surface area contributed by atoms with E-state index in [0.29, 0.717) is 27.0 Å². The molecule has 2 aromatic carbocycles. The van der Waals surface area contributed by atoms with Crippen LogP contribution in [0.3, 0.4) is 0 Å². The predicted octanol–water partition coefficient (Wildman–Crippen LogP) is 2.65. The van der Waals surface area contributed by atoms with Gasteiger partial charge in [0, 0.05) is 11.6 Å². The fourth-order valence-electron chi connectivity index (χ4n) is 4.11. The van der Waals surface area contributed by atoms with E-state index in [4.69, 9.17) is 32.8 Å². The average Bonchev–Trinajstić information content (AvgIpc) is 2.93. The molecule has 3 aromatic rings. The number of benzene rings is 2. The summed E-state index contributed by atoms with van der Waals surface area (Å²) in [6, 6.07) is 10.6. The minimum atomic E-state index is -1.47. The molecular formula is C29H38ClN7O7. The number of amides is 1. The first-order valence-electron chi connectivity index (χ1n) is 13.8. The molecule has 0 aliphatic rings. The highest BCUT2D eigenvalue weighted by Gasteiger charge is 2.32. The van der Waals surface area contributed by atoms with Gasteiger partial charge >= 0.3 is 23.4 Å². The number of nitrogens with zero attached hydrogens (tertiary/aromatic N) is 4. The highest BCUT2D eigenvalue weighted by molar-refractivity contribution is 6.30. The molecule has 0 spiro atoms. The molecule has 0 saturated heterocycles. The summed E-state index contributed by atoms with van der Waals surface area (Å²) in [5.74, 6) is 10.6. The quantitative estimate of drug-likeness (QED) is 0.172. The van der Waals surface area contributed by atoms with Gasteiger partial charge in [0.25, 0.3) is 0 Å². The second kappa shape index (κ2) is 14.4. The summed E-state index contributed by atoms with van der Waals surface area (Å²) in [6.45, 7) is 10.2. The van der Waals surface area contributed by atoms with E-state index in [1.54, 1.807) is 63.2 Å². The Morgan fingerprint density at radius 1 is 1.09 bits per heavy atom. The zero-order chi connectivity index (χ0) is 32.8. The number of ether oxygens (including phenoxy) is 2. The number of carbonyl (C=O) groups excluding carboxylic acids is 2. The molecule has 0 radical (unpaired) electrons. The van der Waals surface area contributed by atoms with Gasteiger partial charge in [-0.15, -0.1) is 0 Å². The molecule has 5 N–H and O–H groups in total. The maximum atomic E-state index is 13.8. The van der Waals surface area contributed by atoms with Crippen molar-refractivity contribution in [1.29, 1.82) is 0 Å². The summed E-state index contributed by atoms with van der Waals surface area (Å²) < 4.78 is 13.1. The molecule has 0 aliphatic heterocycles. The minimum Gasteiger partial charge on any atom is -0.491 e. The van der Waals surface area contributed by atoms with Gasteiger partial charge in [0.15, 0.2) is 6.04 Å². The van der Waals surface area contributed by atoms with Gasteiger partial charge < -0.3 is 14.3 Å². The van der Waals surface area contributed by atoms with Crippen molar-refractivity contribution in [2.75, 3.05) is 0 Å². The third kappa shape index (κ3) is 9.05. The topological polar surface area (TPSA) is 189 Å². The first-order chi connectivity index (χ1) is 20.6. The number of nitrogens with two attached hydrogens (primary N) is 2. The molecule has 0 fully saturated rings.